The van der Waals surface area contributed by atoms with Gasteiger partial charge < -0.3 is 15.2 Å². The fourth-order valence-corrected chi connectivity index (χ4v) is 2.55. The smallest absolute Gasteiger partial charge is 0.203 e. The molecule has 0 spiro atoms. The number of anilines is 1. The molecule has 1 aromatic carbocycles. The summed E-state index contributed by atoms with van der Waals surface area (Å²) >= 11 is 1.38. The molecular formula is C15H21N3O2S. The van der Waals surface area contributed by atoms with Crippen molar-refractivity contribution in [2.24, 2.45) is 0 Å². The van der Waals surface area contributed by atoms with Crippen LogP contribution in [0.5, 0.6) is 5.75 Å². The molecule has 5 nitrogen and oxygen atoms in total. The molecule has 1 aromatic heterocycles. The lowest BCUT2D eigenvalue weighted by molar-refractivity contribution is 0.191. The van der Waals surface area contributed by atoms with Crippen molar-refractivity contribution in [1.82, 2.24) is 10.2 Å². The van der Waals surface area contributed by atoms with Crippen LogP contribution in [-0.4, -0.2) is 30.5 Å². The minimum Gasteiger partial charge on any atom is -0.494 e. The summed E-state index contributed by atoms with van der Waals surface area (Å²) in [7, 11) is 1.74. The van der Waals surface area contributed by atoms with Gasteiger partial charge in [0.05, 0.1) is 6.61 Å². The predicted octanol–water partition coefficient (Wildman–Crippen LogP) is 3.37. The molecule has 0 aliphatic heterocycles. The van der Waals surface area contributed by atoms with Crippen molar-refractivity contribution < 1.29 is 9.47 Å². The minimum absolute atomic E-state index is 0.485. The van der Waals surface area contributed by atoms with E-state index in [1.165, 1.54) is 24.2 Å². The largest absolute Gasteiger partial charge is 0.494 e. The average molecular weight is 307 g/mol. The number of aromatic nitrogens is 2. The van der Waals surface area contributed by atoms with Crippen molar-refractivity contribution in [3.8, 4) is 16.3 Å². The SMILES string of the molecule is COCCCCCCOc1ccc(-c2nnc(N)s2)cc1. The van der Waals surface area contributed by atoms with Gasteiger partial charge in [0.2, 0.25) is 5.13 Å². The zero-order valence-corrected chi connectivity index (χ0v) is 13.1. The summed E-state index contributed by atoms with van der Waals surface area (Å²) in [5, 5.41) is 9.15. The van der Waals surface area contributed by atoms with E-state index in [-0.39, 0.29) is 0 Å². The predicted molar refractivity (Wildman–Crippen MR) is 85.6 cm³/mol. The molecule has 0 atom stereocenters. The van der Waals surface area contributed by atoms with E-state index in [9.17, 15) is 0 Å². The van der Waals surface area contributed by atoms with E-state index in [1.807, 2.05) is 24.3 Å². The lowest BCUT2D eigenvalue weighted by Crippen LogP contribution is -1.97. The van der Waals surface area contributed by atoms with Gasteiger partial charge in [-0.3, -0.25) is 0 Å². The molecule has 2 N–H and O–H groups in total. The van der Waals surface area contributed by atoms with E-state index in [1.54, 1.807) is 7.11 Å². The summed E-state index contributed by atoms with van der Waals surface area (Å²) in [6.07, 6.45) is 4.55. The monoisotopic (exact) mass is 307 g/mol. The summed E-state index contributed by atoms with van der Waals surface area (Å²) in [6, 6.07) is 7.87. The third-order valence-corrected chi connectivity index (χ3v) is 3.85. The van der Waals surface area contributed by atoms with Gasteiger partial charge >= 0.3 is 0 Å². The molecule has 0 bridgehead atoms. The van der Waals surface area contributed by atoms with Crippen LogP contribution in [0.15, 0.2) is 24.3 Å². The van der Waals surface area contributed by atoms with E-state index in [2.05, 4.69) is 10.2 Å². The Labute approximate surface area is 129 Å². The second-order valence-electron chi connectivity index (χ2n) is 4.73. The van der Waals surface area contributed by atoms with Gasteiger partial charge in [-0.25, -0.2) is 0 Å². The highest BCUT2D eigenvalue weighted by atomic mass is 32.1. The summed E-state index contributed by atoms with van der Waals surface area (Å²) < 4.78 is 10.7. The number of unbranched alkanes of at least 4 members (excludes halogenated alkanes) is 3. The van der Waals surface area contributed by atoms with E-state index >= 15 is 0 Å². The Hall–Kier alpha value is -1.66. The molecule has 2 rings (SSSR count). The molecule has 0 radical (unpaired) electrons. The van der Waals surface area contributed by atoms with Crippen LogP contribution in [0, 0.1) is 0 Å². The van der Waals surface area contributed by atoms with Crippen molar-refractivity contribution in [2.75, 3.05) is 26.1 Å². The fraction of sp³-hybridized carbons (Fsp3) is 0.467. The van der Waals surface area contributed by atoms with Crippen LogP contribution in [0.1, 0.15) is 25.7 Å². The van der Waals surface area contributed by atoms with Crippen LogP contribution < -0.4 is 10.5 Å². The topological polar surface area (TPSA) is 70.3 Å². The molecule has 0 aliphatic rings. The maximum Gasteiger partial charge on any atom is 0.203 e. The molecule has 0 fully saturated rings. The molecule has 114 valence electrons. The second kappa shape index (κ2) is 8.59. The Morgan fingerprint density at radius 1 is 1.00 bits per heavy atom. The van der Waals surface area contributed by atoms with Gasteiger partial charge in [0.25, 0.3) is 0 Å². The van der Waals surface area contributed by atoms with Gasteiger partial charge in [0.15, 0.2) is 0 Å². The molecule has 0 saturated heterocycles. The van der Waals surface area contributed by atoms with Crippen molar-refractivity contribution in [3.63, 3.8) is 0 Å². The van der Waals surface area contributed by atoms with Crippen LogP contribution >= 0.6 is 11.3 Å². The molecule has 1 heterocycles. The maximum atomic E-state index is 5.72. The third kappa shape index (κ3) is 5.32. The number of nitrogens with zero attached hydrogens (tertiary/aromatic N) is 2. The third-order valence-electron chi connectivity index (χ3n) is 3.05. The molecule has 2 aromatic rings. The van der Waals surface area contributed by atoms with Crippen molar-refractivity contribution in [3.05, 3.63) is 24.3 Å². The number of nitrogen functional groups attached to an aromatic ring is 1. The second-order valence-corrected chi connectivity index (χ2v) is 5.73. The average Bonchev–Trinajstić information content (AvgIpc) is 2.93. The Balaban J connectivity index is 1.70. The molecule has 0 saturated carbocycles. The highest BCUT2D eigenvalue weighted by Crippen LogP contribution is 2.26. The molecule has 0 unspecified atom stereocenters. The molecule has 0 aliphatic carbocycles. The highest BCUT2D eigenvalue weighted by molar-refractivity contribution is 7.18. The van der Waals surface area contributed by atoms with Gasteiger partial charge in [-0.2, -0.15) is 0 Å². The summed E-state index contributed by atoms with van der Waals surface area (Å²) in [4.78, 5) is 0. The van der Waals surface area contributed by atoms with Gasteiger partial charge in [0.1, 0.15) is 10.8 Å². The van der Waals surface area contributed by atoms with Gasteiger partial charge in [-0.1, -0.05) is 17.8 Å². The van der Waals surface area contributed by atoms with E-state index < -0.39 is 0 Å². The first-order valence-corrected chi connectivity index (χ1v) is 7.92. The fourth-order valence-electron chi connectivity index (χ4n) is 1.94. The van der Waals surface area contributed by atoms with Crippen LogP contribution in [-0.2, 0) is 4.74 Å². The summed E-state index contributed by atoms with van der Waals surface area (Å²) in [6.45, 7) is 1.59. The zero-order valence-electron chi connectivity index (χ0n) is 12.2. The van der Waals surface area contributed by atoms with E-state index in [0.29, 0.717) is 5.13 Å². The van der Waals surface area contributed by atoms with Gasteiger partial charge in [-0.15, -0.1) is 10.2 Å². The molecular weight excluding hydrogens is 286 g/mol. The van der Waals surface area contributed by atoms with Gasteiger partial charge in [0, 0.05) is 19.3 Å². The van der Waals surface area contributed by atoms with Crippen molar-refractivity contribution >= 4 is 16.5 Å². The number of nitrogens with two attached hydrogens (primary N) is 1. The lowest BCUT2D eigenvalue weighted by Gasteiger charge is -2.06. The first-order valence-electron chi connectivity index (χ1n) is 7.11. The van der Waals surface area contributed by atoms with Crippen LogP contribution in [0.25, 0.3) is 10.6 Å². The van der Waals surface area contributed by atoms with Gasteiger partial charge in [-0.05, 0) is 43.5 Å². The van der Waals surface area contributed by atoms with Crippen molar-refractivity contribution in [2.45, 2.75) is 25.7 Å². The van der Waals surface area contributed by atoms with E-state index in [0.717, 1.165) is 42.4 Å². The number of benzene rings is 1. The number of hydrogen-bond donors (Lipinski definition) is 1. The Kier molecular flexibility index (Phi) is 6.43. The summed E-state index contributed by atoms with van der Waals surface area (Å²) in [5.41, 5.74) is 6.59. The van der Waals surface area contributed by atoms with Crippen LogP contribution in [0.3, 0.4) is 0 Å². The molecule has 6 heteroatoms. The summed E-state index contributed by atoms with van der Waals surface area (Å²) in [5.74, 6) is 0.883. The number of ether oxygens (including phenoxy) is 2. The molecule has 21 heavy (non-hydrogen) atoms. The quantitative estimate of drug-likeness (QED) is 0.719. The number of methoxy groups -OCH3 is 1. The highest BCUT2D eigenvalue weighted by Gasteiger charge is 2.04. The molecule has 0 amide bonds. The first kappa shape index (κ1) is 15.7. The lowest BCUT2D eigenvalue weighted by atomic mass is 10.2. The Morgan fingerprint density at radius 2 is 1.71 bits per heavy atom. The van der Waals surface area contributed by atoms with Crippen LogP contribution in [0.4, 0.5) is 5.13 Å². The van der Waals surface area contributed by atoms with Crippen LogP contribution in [0.2, 0.25) is 0 Å². The standard InChI is InChI=1S/C15H21N3O2S/c1-19-10-4-2-3-5-11-20-13-8-6-12(7-9-13)14-17-18-15(16)21-14/h6-9H,2-5,10-11H2,1H3,(H2,16,18). The Morgan fingerprint density at radius 3 is 2.33 bits per heavy atom. The van der Waals surface area contributed by atoms with Crippen molar-refractivity contribution in [1.29, 1.82) is 0 Å². The maximum absolute atomic E-state index is 5.72. The minimum atomic E-state index is 0.485. The Bertz CT molecular complexity index is 528. The van der Waals surface area contributed by atoms with E-state index in [4.69, 9.17) is 15.2 Å². The zero-order chi connectivity index (χ0) is 14.9. The number of rotatable bonds is 9. The normalized spacial score (nSPS) is 10.7. The first-order chi connectivity index (χ1) is 10.3. The number of hydrogen-bond acceptors (Lipinski definition) is 6.